The molecule has 0 radical (unpaired) electrons. The van der Waals surface area contributed by atoms with Crippen LogP contribution in [0.2, 0.25) is 0 Å². The number of aromatic nitrogens is 1. The highest BCUT2D eigenvalue weighted by molar-refractivity contribution is 7.11. The van der Waals surface area contributed by atoms with E-state index in [2.05, 4.69) is 39.6 Å². The van der Waals surface area contributed by atoms with E-state index < -0.39 is 0 Å². The summed E-state index contributed by atoms with van der Waals surface area (Å²) in [6, 6.07) is 0. The standard InChI is InChI=1S/C11H19NS/c1-7(2)6-8(3)11-12-9(4)10(5)13-11/h7-8H,6H2,1-5H3. The van der Waals surface area contributed by atoms with Gasteiger partial charge in [-0.1, -0.05) is 20.8 Å². The third-order valence-corrected chi connectivity index (χ3v) is 3.60. The van der Waals surface area contributed by atoms with Crippen LogP contribution in [0.15, 0.2) is 0 Å². The molecule has 1 aromatic rings. The zero-order valence-corrected chi connectivity index (χ0v) is 10.0. The van der Waals surface area contributed by atoms with E-state index in [1.165, 1.54) is 22.0 Å². The minimum atomic E-state index is 0.623. The van der Waals surface area contributed by atoms with E-state index in [0.717, 1.165) is 5.92 Å². The molecule has 1 nitrogen and oxygen atoms in total. The van der Waals surface area contributed by atoms with Gasteiger partial charge in [0.25, 0.3) is 0 Å². The third kappa shape index (κ3) is 2.80. The number of rotatable bonds is 3. The molecule has 1 heterocycles. The molecule has 0 aliphatic carbocycles. The Morgan fingerprint density at radius 1 is 1.23 bits per heavy atom. The first kappa shape index (κ1) is 10.7. The normalized spacial score (nSPS) is 13.7. The summed E-state index contributed by atoms with van der Waals surface area (Å²) >= 11 is 1.85. The molecule has 1 aromatic heterocycles. The van der Waals surface area contributed by atoms with Gasteiger partial charge in [0.05, 0.1) is 10.7 Å². The quantitative estimate of drug-likeness (QED) is 0.716. The van der Waals surface area contributed by atoms with Crippen molar-refractivity contribution in [3.05, 3.63) is 15.6 Å². The lowest BCUT2D eigenvalue weighted by molar-refractivity contribution is 0.522. The highest BCUT2D eigenvalue weighted by atomic mass is 32.1. The zero-order valence-electron chi connectivity index (χ0n) is 9.22. The van der Waals surface area contributed by atoms with Crippen LogP contribution in [0.3, 0.4) is 0 Å². The lowest BCUT2D eigenvalue weighted by Gasteiger charge is -2.10. The number of nitrogens with zero attached hydrogens (tertiary/aromatic N) is 1. The van der Waals surface area contributed by atoms with E-state index in [0.29, 0.717) is 5.92 Å². The molecule has 0 bridgehead atoms. The average Bonchev–Trinajstić information content (AvgIpc) is 2.31. The van der Waals surface area contributed by atoms with Gasteiger partial charge in [-0.2, -0.15) is 0 Å². The Morgan fingerprint density at radius 3 is 2.23 bits per heavy atom. The van der Waals surface area contributed by atoms with Crippen molar-refractivity contribution >= 4 is 11.3 Å². The van der Waals surface area contributed by atoms with Crippen LogP contribution < -0.4 is 0 Å². The maximum absolute atomic E-state index is 4.58. The zero-order chi connectivity index (χ0) is 10.0. The smallest absolute Gasteiger partial charge is 0.0959 e. The van der Waals surface area contributed by atoms with Crippen molar-refractivity contribution in [2.45, 2.75) is 47.0 Å². The summed E-state index contributed by atoms with van der Waals surface area (Å²) in [5.41, 5.74) is 1.20. The number of aryl methyl sites for hydroxylation is 2. The Labute approximate surface area is 85.2 Å². The van der Waals surface area contributed by atoms with Gasteiger partial charge in [-0.15, -0.1) is 11.3 Å². The molecule has 0 fully saturated rings. The van der Waals surface area contributed by atoms with Crippen LogP contribution >= 0.6 is 11.3 Å². The molecule has 0 saturated heterocycles. The van der Waals surface area contributed by atoms with Gasteiger partial charge in [0, 0.05) is 10.8 Å². The fourth-order valence-electron chi connectivity index (χ4n) is 1.52. The highest BCUT2D eigenvalue weighted by Gasteiger charge is 2.12. The van der Waals surface area contributed by atoms with Gasteiger partial charge < -0.3 is 0 Å². The second-order valence-electron chi connectivity index (χ2n) is 4.22. The molecule has 0 N–H and O–H groups in total. The molecule has 1 unspecified atom stereocenters. The lowest BCUT2D eigenvalue weighted by atomic mass is 10.00. The van der Waals surface area contributed by atoms with E-state index >= 15 is 0 Å². The largest absolute Gasteiger partial charge is 0.246 e. The molecule has 0 saturated carbocycles. The maximum atomic E-state index is 4.58. The average molecular weight is 197 g/mol. The van der Waals surface area contributed by atoms with Crippen LogP contribution in [0.1, 0.15) is 48.7 Å². The SMILES string of the molecule is Cc1nc(C(C)CC(C)C)sc1C. The Morgan fingerprint density at radius 2 is 1.85 bits per heavy atom. The van der Waals surface area contributed by atoms with E-state index in [4.69, 9.17) is 0 Å². The second-order valence-corrected chi connectivity index (χ2v) is 5.46. The highest BCUT2D eigenvalue weighted by Crippen LogP contribution is 2.28. The summed E-state index contributed by atoms with van der Waals surface area (Å²) in [5.74, 6) is 1.39. The topological polar surface area (TPSA) is 12.9 Å². The summed E-state index contributed by atoms with van der Waals surface area (Å²) in [6.07, 6.45) is 1.24. The van der Waals surface area contributed by atoms with Crippen molar-refractivity contribution in [3.63, 3.8) is 0 Å². The summed E-state index contributed by atoms with van der Waals surface area (Å²) in [6.45, 7) is 11.1. The number of hydrogen-bond acceptors (Lipinski definition) is 2. The summed E-state index contributed by atoms with van der Waals surface area (Å²) in [4.78, 5) is 5.95. The number of hydrogen-bond donors (Lipinski definition) is 0. The molecule has 74 valence electrons. The minimum absolute atomic E-state index is 0.623. The van der Waals surface area contributed by atoms with Crippen LogP contribution in [-0.2, 0) is 0 Å². The van der Waals surface area contributed by atoms with E-state index in [9.17, 15) is 0 Å². The van der Waals surface area contributed by atoms with Gasteiger partial charge >= 0.3 is 0 Å². The predicted molar refractivity (Wildman–Crippen MR) is 59.5 cm³/mol. The van der Waals surface area contributed by atoms with Crippen LogP contribution in [0.5, 0.6) is 0 Å². The van der Waals surface area contributed by atoms with Crippen LogP contribution in [0, 0.1) is 19.8 Å². The van der Waals surface area contributed by atoms with E-state index in [1.54, 1.807) is 0 Å². The molecular weight excluding hydrogens is 178 g/mol. The lowest BCUT2D eigenvalue weighted by Crippen LogP contribution is -1.98. The van der Waals surface area contributed by atoms with Crippen LogP contribution in [-0.4, -0.2) is 4.98 Å². The van der Waals surface area contributed by atoms with Gasteiger partial charge in [-0.05, 0) is 26.2 Å². The van der Waals surface area contributed by atoms with Crippen molar-refractivity contribution in [2.24, 2.45) is 5.92 Å². The van der Waals surface area contributed by atoms with E-state index in [-0.39, 0.29) is 0 Å². The van der Waals surface area contributed by atoms with Gasteiger partial charge in [-0.3, -0.25) is 0 Å². The third-order valence-electron chi connectivity index (χ3n) is 2.29. The molecule has 1 rings (SSSR count). The maximum Gasteiger partial charge on any atom is 0.0959 e. The monoisotopic (exact) mass is 197 g/mol. The van der Waals surface area contributed by atoms with Gasteiger partial charge in [0.1, 0.15) is 0 Å². The Bertz CT molecular complexity index is 256. The first-order valence-electron chi connectivity index (χ1n) is 4.94. The van der Waals surface area contributed by atoms with Crippen molar-refractivity contribution in [3.8, 4) is 0 Å². The number of thiazole rings is 1. The van der Waals surface area contributed by atoms with Crippen LogP contribution in [0.4, 0.5) is 0 Å². The summed E-state index contributed by atoms with van der Waals surface area (Å²) in [5, 5.41) is 1.31. The molecular formula is C11H19NS. The predicted octanol–water partition coefficient (Wildman–Crippen LogP) is 3.91. The fourth-order valence-corrected chi connectivity index (χ4v) is 2.50. The fraction of sp³-hybridized carbons (Fsp3) is 0.727. The van der Waals surface area contributed by atoms with Crippen molar-refractivity contribution in [2.75, 3.05) is 0 Å². The van der Waals surface area contributed by atoms with Crippen molar-refractivity contribution in [1.82, 2.24) is 4.98 Å². The van der Waals surface area contributed by atoms with Crippen molar-refractivity contribution in [1.29, 1.82) is 0 Å². The van der Waals surface area contributed by atoms with E-state index in [1.807, 2.05) is 11.3 Å². The summed E-state index contributed by atoms with van der Waals surface area (Å²) < 4.78 is 0. The van der Waals surface area contributed by atoms with Gasteiger partial charge in [0.2, 0.25) is 0 Å². The molecule has 2 heteroatoms. The molecule has 0 amide bonds. The summed E-state index contributed by atoms with van der Waals surface area (Å²) in [7, 11) is 0. The molecule has 0 aliphatic rings. The molecule has 0 aromatic carbocycles. The molecule has 1 atom stereocenters. The Hall–Kier alpha value is -0.370. The second kappa shape index (κ2) is 4.23. The Balaban J connectivity index is 2.71. The Kier molecular flexibility index (Phi) is 3.48. The van der Waals surface area contributed by atoms with Gasteiger partial charge in [-0.25, -0.2) is 4.98 Å². The van der Waals surface area contributed by atoms with Gasteiger partial charge in [0.15, 0.2) is 0 Å². The first-order valence-corrected chi connectivity index (χ1v) is 5.76. The molecule has 0 spiro atoms. The van der Waals surface area contributed by atoms with Crippen LogP contribution in [0.25, 0.3) is 0 Å². The minimum Gasteiger partial charge on any atom is -0.246 e. The molecule has 13 heavy (non-hydrogen) atoms. The van der Waals surface area contributed by atoms with Crippen molar-refractivity contribution < 1.29 is 0 Å². The first-order chi connectivity index (χ1) is 6.00. The molecule has 0 aliphatic heterocycles.